The molecule has 0 spiro atoms. The number of hydrogen-bond acceptors (Lipinski definition) is 4. The number of hydrogen-bond donors (Lipinski definition) is 1. The van der Waals surface area contributed by atoms with Crippen molar-refractivity contribution in [1.29, 1.82) is 0 Å². The Hall–Kier alpha value is -0.950. The molecule has 0 aliphatic carbocycles. The number of benzene rings is 1. The summed E-state index contributed by atoms with van der Waals surface area (Å²) in [6.45, 7) is 7.79. The lowest BCUT2D eigenvalue weighted by Gasteiger charge is -2.20. The lowest BCUT2D eigenvalue weighted by atomic mass is 10.2. The Morgan fingerprint density at radius 1 is 1.33 bits per heavy atom. The van der Waals surface area contributed by atoms with Crippen LogP contribution in [0.25, 0.3) is 0 Å². The fourth-order valence-electron chi connectivity index (χ4n) is 1.93. The third kappa shape index (κ3) is 5.39. The van der Waals surface area contributed by atoms with Gasteiger partial charge < -0.3 is 10.1 Å². The molecule has 0 bridgehead atoms. The van der Waals surface area contributed by atoms with Crippen LogP contribution in [0.2, 0.25) is 0 Å². The van der Waals surface area contributed by atoms with Crippen LogP contribution in [0.5, 0.6) is 0 Å². The predicted molar refractivity (Wildman–Crippen MR) is 84.7 cm³/mol. The molecule has 0 unspecified atom stereocenters. The maximum atomic E-state index is 12.6. The summed E-state index contributed by atoms with van der Waals surface area (Å²) in [5.41, 5.74) is 0.965. The standard InChI is InChI=1S/C15H26N2O3S/c1-5-17(9-10-20-4)21(18,19)15-8-6-7-14(11-15)12-16-13(2)3/h6-8,11,13,16H,5,9-10,12H2,1-4H3. The van der Waals surface area contributed by atoms with Crippen molar-refractivity contribution in [2.24, 2.45) is 0 Å². The molecule has 1 N–H and O–H groups in total. The van der Waals surface area contributed by atoms with Crippen molar-refractivity contribution in [2.45, 2.75) is 38.3 Å². The van der Waals surface area contributed by atoms with Crippen LogP contribution in [-0.2, 0) is 21.3 Å². The highest BCUT2D eigenvalue weighted by molar-refractivity contribution is 7.89. The quantitative estimate of drug-likeness (QED) is 0.755. The molecule has 0 radical (unpaired) electrons. The van der Waals surface area contributed by atoms with Crippen molar-refractivity contribution >= 4 is 10.0 Å². The number of ether oxygens (including phenoxy) is 1. The summed E-state index contributed by atoms with van der Waals surface area (Å²) >= 11 is 0. The summed E-state index contributed by atoms with van der Waals surface area (Å²) in [6, 6.07) is 7.46. The first-order chi connectivity index (χ1) is 9.91. The third-order valence-electron chi connectivity index (χ3n) is 3.15. The van der Waals surface area contributed by atoms with Gasteiger partial charge in [0.05, 0.1) is 11.5 Å². The van der Waals surface area contributed by atoms with E-state index in [0.717, 1.165) is 5.56 Å². The van der Waals surface area contributed by atoms with Crippen molar-refractivity contribution in [3.05, 3.63) is 29.8 Å². The number of likely N-dealkylation sites (N-methyl/N-ethyl adjacent to an activating group) is 1. The van der Waals surface area contributed by atoms with Gasteiger partial charge in [-0.15, -0.1) is 0 Å². The van der Waals surface area contributed by atoms with E-state index in [0.29, 0.717) is 37.2 Å². The van der Waals surface area contributed by atoms with Gasteiger partial charge in [-0.05, 0) is 17.7 Å². The van der Waals surface area contributed by atoms with Crippen LogP contribution < -0.4 is 5.32 Å². The van der Waals surface area contributed by atoms with Gasteiger partial charge in [0, 0.05) is 32.8 Å². The minimum Gasteiger partial charge on any atom is -0.383 e. The second-order valence-corrected chi connectivity index (χ2v) is 7.11. The van der Waals surface area contributed by atoms with Gasteiger partial charge in [0.15, 0.2) is 0 Å². The highest BCUT2D eigenvalue weighted by atomic mass is 32.2. The molecule has 0 amide bonds. The van der Waals surface area contributed by atoms with Gasteiger partial charge in [0.1, 0.15) is 0 Å². The second-order valence-electron chi connectivity index (χ2n) is 5.17. The predicted octanol–water partition coefficient (Wildman–Crippen LogP) is 1.84. The Morgan fingerprint density at radius 2 is 2.05 bits per heavy atom. The minimum absolute atomic E-state index is 0.337. The van der Waals surface area contributed by atoms with Crippen LogP contribution in [0.3, 0.4) is 0 Å². The minimum atomic E-state index is -3.46. The molecule has 120 valence electrons. The summed E-state index contributed by atoms with van der Waals surface area (Å²) in [5.74, 6) is 0. The molecule has 0 saturated carbocycles. The Balaban J connectivity index is 2.93. The van der Waals surface area contributed by atoms with E-state index in [4.69, 9.17) is 4.74 Å². The molecule has 0 aromatic heterocycles. The first-order valence-corrected chi connectivity index (χ1v) is 8.67. The summed E-state index contributed by atoms with van der Waals surface area (Å²) < 4.78 is 31.6. The number of rotatable bonds is 9. The first kappa shape index (κ1) is 18.1. The van der Waals surface area contributed by atoms with E-state index in [1.807, 2.05) is 13.0 Å². The zero-order valence-electron chi connectivity index (χ0n) is 13.3. The first-order valence-electron chi connectivity index (χ1n) is 7.23. The summed E-state index contributed by atoms with van der Waals surface area (Å²) in [4.78, 5) is 0.337. The maximum Gasteiger partial charge on any atom is 0.243 e. The summed E-state index contributed by atoms with van der Waals surface area (Å²) in [7, 11) is -1.89. The van der Waals surface area contributed by atoms with Crippen LogP contribution in [-0.4, -0.2) is 45.6 Å². The van der Waals surface area contributed by atoms with Gasteiger partial charge in [-0.3, -0.25) is 0 Å². The Kier molecular flexibility index (Phi) is 7.31. The van der Waals surface area contributed by atoms with E-state index in [1.54, 1.807) is 25.3 Å². The number of sulfonamides is 1. The van der Waals surface area contributed by atoms with Gasteiger partial charge in [0.2, 0.25) is 10.0 Å². The SMILES string of the molecule is CCN(CCOC)S(=O)(=O)c1cccc(CNC(C)C)c1. The van der Waals surface area contributed by atoms with Crippen LogP contribution in [0.4, 0.5) is 0 Å². The Bertz CT molecular complexity index is 529. The highest BCUT2D eigenvalue weighted by Crippen LogP contribution is 2.17. The van der Waals surface area contributed by atoms with Crippen molar-refractivity contribution in [1.82, 2.24) is 9.62 Å². The third-order valence-corrected chi connectivity index (χ3v) is 5.12. The molecule has 0 aliphatic heterocycles. The van der Waals surface area contributed by atoms with Crippen molar-refractivity contribution in [2.75, 3.05) is 26.8 Å². The van der Waals surface area contributed by atoms with Crippen LogP contribution >= 0.6 is 0 Å². The van der Waals surface area contributed by atoms with E-state index < -0.39 is 10.0 Å². The van der Waals surface area contributed by atoms with Gasteiger partial charge in [-0.1, -0.05) is 32.9 Å². The van der Waals surface area contributed by atoms with Crippen LogP contribution in [0.15, 0.2) is 29.2 Å². The Morgan fingerprint density at radius 3 is 2.62 bits per heavy atom. The number of nitrogens with one attached hydrogen (secondary N) is 1. The molecule has 1 rings (SSSR count). The molecular formula is C15H26N2O3S. The highest BCUT2D eigenvalue weighted by Gasteiger charge is 2.22. The maximum absolute atomic E-state index is 12.6. The zero-order chi connectivity index (χ0) is 15.9. The normalized spacial score (nSPS) is 12.3. The van der Waals surface area contributed by atoms with E-state index in [-0.39, 0.29) is 0 Å². The lowest BCUT2D eigenvalue weighted by Crippen LogP contribution is -2.33. The van der Waals surface area contributed by atoms with E-state index in [1.165, 1.54) is 4.31 Å². The van der Waals surface area contributed by atoms with E-state index in [2.05, 4.69) is 19.2 Å². The molecule has 0 fully saturated rings. The molecule has 0 aliphatic rings. The fourth-order valence-corrected chi connectivity index (χ4v) is 3.43. The second kappa shape index (κ2) is 8.48. The average molecular weight is 314 g/mol. The van der Waals surface area contributed by atoms with Crippen molar-refractivity contribution in [3.8, 4) is 0 Å². The molecular weight excluding hydrogens is 288 g/mol. The molecule has 6 heteroatoms. The number of nitrogens with zero attached hydrogens (tertiary/aromatic N) is 1. The monoisotopic (exact) mass is 314 g/mol. The molecule has 0 heterocycles. The van der Waals surface area contributed by atoms with Gasteiger partial charge >= 0.3 is 0 Å². The number of methoxy groups -OCH3 is 1. The molecule has 0 saturated heterocycles. The molecule has 5 nitrogen and oxygen atoms in total. The Labute approximate surface area is 128 Å². The molecule has 1 aromatic rings. The van der Waals surface area contributed by atoms with Gasteiger partial charge in [-0.2, -0.15) is 4.31 Å². The summed E-state index contributed by atoms with van der Waals surface area (Å²) in [6.07, 6.45) is 0. The van der Waals surface area contributed by atoms with Crippen LogP contribution in [0, 0.1) is 0 Å². The van der Waals surface area contributed by atoms with Crippen molar-refractivity contribution < 1.29 is 13.2 Å². The lowest BCUT2D eigenvalue weighted by molar-refractivity contribution is 0.180. The van der Waals surface area contributed by atoms with Gasteiger partial charge in [-0.25, -0.2) is 8.42 Å². The average Bonchev–Trinajstić information content (AvgIpc) is 2.46. The fraction of sp³-hybridized carbons (Fsp3) is 0.600. The van der Waals surface area contributed by atoms with Crippen molar-refractivity contribution in [3.63, 3.8) is 0 Å². The van der Waals surface area contributed by atoms with E-state index >= 15 is 0 Å². The summed E-state index contributed by atoms with van der Waals surface area (Å²) in [5, 5.41) is 3.29. The van der Waals surface area contributed by atoms with Gasteiger partial charge in [0.25, 0.3) is 0 Å². The molecule has 21 heavy (non-hydrogen) atoms. The topological polar surface area (TPSA) is 58.6 Å². The van der Waals surface area contributed by atoms with E-state index in [9.17, 15) is 8.42 Å². The smallest absolute Gasteiger partial charge is 0.243 e. The largest absolute Gasteiger partial charge is 0.383 e. The zero-order valence-corrected chi connectivity index (χ0v) is 14.1. The van der Waals surface area contributed by atoms with Crippen LogP contribution in [0.1, 0.15) is 26.3 Å². The molecule has 0 atom stereocenters. The molecule has 1 aromatic carbocycles.